The summed E-state index contributed by atoms with van der Waals surface area (Å²) in [5.41, 5.74) is 2.44. The normalized spacial score (nSPS) is 10.4. The maximum Gasteiger partial charge on any atom is 0.256 e. The monoisotopic (exact) mass is 319 g/mol. The summed E-state index contributed by atoms with van der Waals surface area (Å²) < 4.78 is 11.1. The highest BCUT2D eigenvalue weighted by Gasteiger charge is 2.14. The lowest BCUT2D eigenvalue weighted by molar-refractivity contribution is 0.102. The van der Waals surface area contributed by atoms with Crippen LogP contribution in [-0.2, 0) is 0 Å². The van der Waals surface area contributed by atoms with E-state index in [0.717, 1.165) is 10.4 Å². The van der Waals surface area contributed by atoms with Crippen LogP contribution in [0.1, 0.15) is 34.6 Å². The Labute approximate surface area is 135 Å². The fraction of sp³-hybridized carbons (Fsp3) is 0.353. The highest BCUT2D eigenvalue weighted by Crippen LogP contribution is 2.31. The zero-order chi connectivity index (χ0) is 16.1. The molecule has 118 valence electrons. The van der Waals surface area contributed by atoms with Gasteiger partial charge in [0.25, 0.3) is 5.91 Å². The fourth-order valence-corrected chi connectivity index (χ4v) is 2.93. The molecule has 0 aliphatic heterocycles. The molecule has 2 rings (SSSR count). The Morgan fingerprint density at radius 2 is 1.82 bits per heavy atom. The predicted octanol–water partition coefficient (Wildman–Crippen LogP) is 4.41. The van der Waals surface area contributed by atoms with Crippen LogP contribution >= 0.6 is 11.3 Å². The first-order valence-corrected chi connectivity index (χ1v) is 8.20. The zero-order valence-corrected chi connectivity index (χ0v) is 14.2. The minimum absolute atomic E-state index is 0.103. The smallest absolute Gasteiger partial charge is 0.256 e. The van der Waals surface area contributed by atoms with Crippen LogP contribution in [0.25, 0.3) is 0 Å². The average Bonchev–Trinajstić information content (AvgIpc) is 2.82. The molecule has 1 aromatic carbocycles. The van der Waals surface area contributed by atoms with Crippen LogP contribution in [0, 0.1) is 13.8 Å². The Morgan fingerprint density at radius 3 is 2.41 bits per heavy atom. The van der Waals surface area contributed by atoms with Crippen molar-refractivity contribution in [2.75, 3.05) is 18.5 Å². The van der Waals surface area contributed by atoms with Crippen molar-refractivity contribution in [3.8, 4) is 11.5 Å². The third-order valence-corrected chi connectivity index (χ3v) is 4.34. The fourth-order valence-electron chi connectivity index (χ4n) is 2.06. The number of nitrogens with one attached hydrogen (secondary N) is 1. The number of hydrogen-bond acceptors (Lipinski definition) is 4. The summed E-state index contributed by atoms with van der Waals surface area (Å²) in [5.74, 6) is 1.22. The van der Waals surface area contributed by atoms with Gasteiger partial charge < -0.3 is 14.8 Å². The SMILES string of the molecule is CCOc1ccc(NC(=O)c2csc(C)c2C)cc1OCC. The van der Waals surface area contributed by atoms with Gasteiger partial charge in [0, 0.05) is 22.0 Å². The summed E-state index contributed by atoms with van der Waals surface area (Å²) in [5, 5.41) is 4.80. The lowest BCUT2D eigenvalue weighted by atomic mass is 10.1. The molecule has 0 radical (unpaired) electrons. The molecule has 0 unspecified atom stereocenters. The molecule has 0 aliphatic rings. The number of benzene rings is 1. The van der Waals surface area contributed by atoms with Gasteiger partial charge >= 0.3 is 0 Å². The van der Waals surface area contributed by atoms with Gasteiger partial charge in [0.2, 0.25) is 0 Å². The minimum Gasteiger partial charge on any atom is -0.490 e. The van der Waals surface area contributed by atoms with Crippen molar-refractivity contribution in [3.05, 3.63) is 39.6 Å². The molecule has 0 fully saturated rings. The van der Waals surface area contributed by atoms with Crippen LogP contribution in [0.4, 0.5) is 5.69 Å². The summed E-state index contributed by atoms with van der Waals surface area (Å²) in [6.45, 7) is 8.93. The topological polar surface area (TPSA) is 47.6 Å². The van der Waals surface area contributed by atoms with Gasteiger partial charge in [-0.15, -0.1) is 11.3 Å². The number of rotatable bonds is 6. The average molecular weight is 319 g/mol. The molecular formula is C17H21NO3S. The van der Waals surface area contributed by atoms with Crippen LogP contribution in [0.15, 0.2) is 23.6 Å². The Morgan fingerprint density at radius 1 is 1.14 bits per heavy atom. The number of carbonyl (C=O) groups is 1. The number of ether oxygens (including phenoxy) is 2. The second kappa shape index (κ2) is 7.31. The number of thiophene rings is 1. The molecule has 0 saturated heterocycles. The van der Waals surface area contributed by atoms with Gasteiger partial charge in [-0.2, -0.15) is 0 Å². The van der Waals surface area contributed by atoms with Gasteiger partial charge in [-0.1, -0.05) is 0 Å². The van der Waals surface area contributed by atoms with Crippen molar-refractivity contribution in [2.24, 2.45) is 0 Å². The maximum atomic E-state index is 12.4. The molecular weight excluding hydrogens is 298 g/mol. The molecule has 0 bridgehead atoms. The Bertz CT molecular complexity index is 664. The molecule has 22 heavy (non-hydrogen) atoms. The van der Waals surface area contributed by atoms with Gasteiger partial charge in [-0.3, -0.25) is 4.79 Å². The first-order valence-electron chi connectivity index (χ1n) is 7.32. The van der Waals surface area contributed by atoms with Gasteiger partial charge in [-0.25, -0.2) is 0 Å². The van der Waals surface area contributed by atoms with Crippen LogP contribution in [0.3, 0.4) is 0 Å². The molecule has 0 spiro atoms. The number of carbonyl (C=O) groups excluding carboxylic acids is 1. The van der Waals surface area contributed by atoms with Crippen LogP contribution in [0.2, 0.25) is 0 Å². The molecule has 4 nitrogen and oxygen atoms in total. The summed E-state index contributed by atoms with van der Waals surface area (Å²) >= 11 is 1.58. The van der Waals surface area contributed by atoms with Gasteiger partial charge in [0.1, 0.15) is 0 Å². The molecule has 2 aromatic rings. The predicted molar refractivity (Wildman–Crippen MR) is 90.5 cm³/mol. The number of amides is 1. The highest BCUT2D eigenvalue weighted by atomic mass is 32.1. The first kappa shape index (κ1) is 16.4. The van der Waals surface area contributed by atoms with E-state index in [1.807, 2.05) is 45.2 Å². The molecule has 1 aromatic heterocycles. The van der Waals surface area contributed by atoms with Crippen molar-refractivity contribution in [1.29, 1.82) is 0 Å². The highest BCUT2D eigenvalue weighted by molar-refractivity contribution is 7.10. The van der Waals surface area contributed by atoms with Crippen molar-refractivity contribution in [2.45, 2.75) is 27.7 Å². The Hall–Kier alpha value is -2.01. The standard InChI is InChI=1S/C17H21NO3S/c1-5-20-15-8-7-13(9-16(15)21-6-2)18-17(19)14-10-22-12(4)11(14)3/h7-10H,5-6H2,1-4H3,(H,18,19). The molecule has 0 atom stereocenters. The summed E-state index contributed by atoms with van der Waals surface area (Å²) in [6, 6.07) is 5.43. The molecule has 1 N–H and O–H groups in total. The zero-order valence-electron chi connectivity index (χ0n) is 13.4. The Kier molecular flexibility index (Phi) is 5.44. The van der Waals surface area contributed by atoms with Crippen LogP contribution in [0.5, 0.6) is 11.5 Å². The first-order chi connectivity index (χ1) is 10.6. The van der Waals surface area contributed by atoms with E-state index >= 15 is 0 Å². The lowest BCUT2D eigenvalue weighted by Gasteiger charge is -2.13. The van der Waals surface area contributed by atoms with Crippen LogP contribution in [-0.4, -0.2) is 19.1 Å². The van der Waals surface area contributed by atoms with E-state index in [-0.39, 0.29) is 5.91 Å². The number of aryl methyl sites for hydroxylation is 1. The van der Waals surface area contributed by atoms with Gasteiger partial charge in [0.05, 0.1) is 18.8 Å². The maximum absolute atomic E-state index is 12.4. The van der Waals surface area contributed by atoms with E-state index in [1.165, 1.54) is 0 Å². The van der Waals surface area contributed by atoms with E-state index in [9.17, 15) is 4.79 Å². The summed E-state index contributed by atoms with van der Waals surface area (Å²) in [4.78, 5) is 13.5. The van der Waals surface area contributed by atoms with E-state index in [4.69, 9.17) is 9.47 Å². The van der Waals surface area contributed by atoms with Crippen molar-refractivity contribution in [3.63, 3.8) is 0 Å². The molecule has 1 heterocycles. The lowest BCUT2D eigenvalue weighted by Crippen LogP contribution is -2.12. The molecule has 5 heteroatoms. The molecule has 1 amide bonds. The summed E-state index contributed by atoms with van der Waals surface area (Å²) in [6.07, 6.45) is 0. The molecule has 0 aliphatic carbocycles. The second-order valence-electron chi connectivity index (χ2n) is 4.81. The van der Waals surface area contributed by atoms with Crippen LogP contribution < -0.4 is 14.8 Å². The summed E-state index contributed by atoms with van der Waals surface area (Å²) in [7, 11) is 0. The molecule has 0 saturated carbocycles. The van der Waals surface area contributed by atoms with E-state index < -0.39 is 0 Å². The van der Waals surface area contributed by atoms with Gasteiger partial charge in [0.15, 0.2) is 11.5 Å². The Balaban J connectivity index is 2.20. The van der Waals surface area contributed by atoms with E-state index in [2.05, 4.69) is 5.32 Å². The minimum atomic E-state index is -0.103. The van der Waals surface area contributed by atoms with Crippen molar-refractivity contribution >= 4 is 22.9 Å². The number of hydrogen-bond donors (Lipinski definition) is 1. The number of anilines is 1. The van der Waals surface area contributed by atoms with E-state index in [1.54, 1.807) is 17.4 Å². The van der Waals surface area contributed by atoms with Crippen molar-refractivity contribution in [1.82, 2.24) is 0 Å². The third-order valence-electron chi connectivity index (χ3n) is 3.33. The van der Waals surface area contributed by atoms with E-state index in [0.29, 0.717) is 36.0 Å². The van der Waals surface area contributed by atoms with Crippen molar-refractivity contribution < 1.29 is 14.3 Å². The second-order valence-corrected chi connectivity index (χ2v) is 5.90. The largest absolute Gasteiger partial charge is 0.490 e. The quantitative estimate of drug-likeness (QED) is 0.857. The van der Waals surface area contributed by atoms with Gasteiger partial charge in [-0.05, 0) is 45.4 Å². The third kappa shape index (κ3) is 3.60.